The maximum Gasteiger partial charge on any atom is 0.335 e. The molecular weight excluding hydrogens is 323 g/mol. The highest BCUT2D eigenvalue weighted by Crippen LogP contribution is 2.24. The molecule has 0 aliphatic rings. The van der Waals surface area contributed by atoms with Crippen LogP contribution in [0.2, 0.25) is 0 Å². The van der Waals surface area contributed by atoms with E-state index in [1.807, 2.05) is 0 Å². The summed E-state index contributed by atoms with van der Waals surface area (Å²) in [6.07, 6.45) is 2.42. The fourth-order valence-corrected chi connectivity index (χ4v) is 2.12. The van der Waals surface area contributed by atoms with Crippen LogP contribution in [-0.2, 0) is 20.7 Å². The monoisotopic (exact) mass is 340 g/mol. The quantitative estimate of drug-likeness (QED) is 0.436. The van der Waals surface area contributed by atoms with Gasteiger partial charge in [0.15, 0.2) is 0 Å². The molecule has 0 saturated heterocycles. The molecule has 0 saturated carbocycles. The maximum absolute atomic E-state index is 14.2. The minimum absolute atomic E-state index is 0.0878. The maximum atomic E-state index is 14.2. The zero-order chi connectivity index (χ0) is 18.2. The van der Waals surface area contributed by atoms with Gasteiger partial charge in [0.2, 0.25) is 0 Å². The summed E-state index contributed by atoms with van der Waals surface area (Å²) < 4.78 is 24.0. The molecule has 128 valence electrons. The van der Waals surface area contributed by atoms with Gasteiger partial charge in [0.25, 0.3) is 0 Å². The van der Waals surface area contributed by atoms with E-state index < -0.39 is 11.9 Å². The minimum atomic E-state index is -0.541. The van der Waals surface area contributed by atoms with Crippen molar-refractivity contribution in [2.45, 2.75) is 6.42 Å². The number of esters is 2. The number of rotatable bonds is 7. The highest BCUT2D eigenvalue weighted by Gasteiger charge is 2.07. The Hall–Kier alpha value is -3.21. The first-order valence-corrected chi connectivity index (χ1v) is 7.56. The van der Waals surface area contributed by atoms with Crippen LogP contribution >= 0.6 is 0 Å². The third-order valence-electron chi connectivity index (χ3n) is 3.41. The van der Waals surface area contributed by atoms with Gasteiger partial charge < -0.3 is 9.47 Å². The molecule has 0 N–H and O–H groups in total. The molecule has 0 spiro atoms. The smallest absolute Gasteiger partial charge is 0.335 e. The van der Waals surface area contributed by atoms with Gasteiger partial charge in [-0.1, -0.05) is 37.4 Å². The minimum Gasteiger partial charge on any atom is -0.462 e. The van der Waals surface area contributed by atoms with E-state index in [1.165, 1.54) is 6.07 Å². The van der Waals surface area contributed by atoms with Crippen LogP contribution in [0.15, 0.2) is 67.8 Å². The van der Waals surface area contributed by atoms with E-state index >= 15 is 0 Å². The van der Waals surface area contributed by atoms with Crippen molar-refractivity contribution in [2.24, 2.45) is 0 Å². The van der Waals surface area contributed by atoms with Gasteiger partial charge in [-0.05, 0) is 34.9 Å². The Kier molecular flexibility index (Phi) is 6.23. The summed E-state index contributed by atoms with van der Waals surface area (Å²) >= 11 is 0. The second kappa shape index (κ2) is 8.59. The molecule has 0 bridgehead atoms. The Labute approximate surface area is 145 Å². The highest BCUT2D eigenvalue weighted by molar-refractivity contribution is 5.83. The molecule has 0 aliphatic carbocycles. The number of hydrogen-bond donors (Lipinski definition) is 0. The summed E-state index contributed by atoms with van der Waals surface area (Å²) in [5.74, 6) is -1.07. The largest absolute Gasteiger partial charge is 0.462 e. The fraction of sp³-hybridized carbons (Fsp3) is 0.100. The van der Waals surface area contributed by atoms with Crippen LogP contribution in [0.3, 0.4) is 0 Å². The van der Waals surface area contributed by atoms with E-state index in [4.69, 9.17) is 9.47 Å². The van der Waals surface area contributed by atoms with Crippen molar-refractivity contribution in [3.63, 3.8) is 0 Å². The van der Waals surface area contributed by atoms with Crippen molar-refractivity contribution in [2.75, 3.05) is 6.61 Å². The Morgan fingerprint density at radius 2 is 1.60 bits per heavy atom. The van der Waals surface area contributed by atoms with E-state index in [-0.39, 0.29) is 18.8 Å². The summed E-state index contributed by atoms with van der Waals surface area (Å²) in [5.41, 5.74) is 1.92. The SMILES string of the molecule is C=CC(=O)OCCc1ccc(-c2ccc(OC(=O)C=C)cc2)cc1F. The van der Waals surface area contributed by atoms with E-state index in [1.54, 1.807) is 36.4 Å². The normalized spacial score (nSPS) is 9.96. The van der Waals surface area contributed by atoms with E-state index in [0.717, 1.165) is 17.7 Å². The second-order valence-electron chi connectivity index (χ2n) is 5.08. The lowest BCUT2D eigenvalue weighted by Gasteiger charge is -2.08. The van der Waals surface area contributed by atoms with Crippen LogP contribution in [-0.4, -0.2) is 18.5 Å². The van der Waals surface area contributed by atoms with Gasteiger partial charge in [0, 0.05) is 18.6 Å². The number of ether oxygens (including phenoxy) is 2. The Morgan fingerprint density at radius 3 is 2.20 bits per heavy atom. The van der Waals surface area contributed by atoms with E-state index in [9.17, 15) is 14.0 Å². The summed E-state index contributed by atoms with van der Waals surface area (Å²) in [7, 11) is 0. The molecule has 2 aromatic carbocycles. The Bertz CT molecular complexity index is 794. The molecule has 0 unspecified atom stereocenters. The van der Waals surface area contributed by atoms with Crippen molar-refractivity contribution >= 4 is 11.9 Å². The summed E-state index contributed by atoms with van der Waals surface area (Å²) in [4.78, 5) is 22.1. The average molecular weight is 340 g/mol. The van der Waals surface area contributed by atoms with Crippen molar-refractivity contribution in [3.8, 4) is 16.9 Å². The highest BCUT2D eigenvalue weighted by atomic mass is 19.1. The van der Waals surface area contributed by atoms with Gasteiger partial charge >= 0.3 is 11.9 Å². The lowest BCUT2D eigenvalue weighted by molar-refractivity contribution is -0.137. The first-order chi connectivity index (χ1) is 12.0. The molecule has 0 heterocycles. The number of halogens is 1. The van der Waals surface area contributed by atoms with Gasteiger partial charge in [0.1, 0.15) is 11.6 Å². The van der Waals surface area contributed by atoms with Crippen LogP contribution in [0.1, 0.15) is 5.56 Å². The third kappa shape index (κ3) is 5.14. The average Bonchev–Trinajstić information content (AvgIpc) is 2.63. The molecule has 0 amide bonds. The molecule has 0 atom stereocenters. The Balaban J connectivity index is 2.06. The molecule has 2 rings (SSSR count). The molecule has 0 aliphatic heterocycles. The lowest BCUT2D eigenvalue weighted by atomic mass is 10.0. The molecule has 5 heteroatoms. The lowest BCUT2D eigenvalue weighted by Crippen LogP contribution is -2.05. The molecule has 4 nitrogen and oxygen atoms in total. The zero-order valence-electron chi connectivity index (χ0n) is 13.5. The summed E-state index contributed by atoms with van der Waals surface area (Å²) in [5, 5.41) is 0. The van der Waals surface area contributed by atoms with Crippen LogP contribution in [0, 0.1) is 5.82 Å². The molecule has 25 heavy (non-hydrogen) atoms. The van der Waals surface area contributed by atoms with Crippen molar-refractivity contribution < 1.29 is 23.5 Å². The second-order valence-corrected chi connectivity index (χ2v) is 5.08. The number of carbonyl (C=O) groups is 2. The number of hydrogen-bond acceptors (Lipinski definition) is 4. The third-order valence-corrected chi connectivity index (χ3v) is 3.41. The predicted molar refractivity (Wildman–Crippen MR) is 92.5 cm³/mol. The van der Waals surface area contributed by atoms with Crippen LogP contribution in [0.5, 0.6) is 5.75 Å². The molecule has 2 aromatic rings. The van der Waals surface area contributed by atoms with Gasteiger partial charge in [0.05, 0.1) is 6.61 Å². The van der Waals surface area contributed by atoms with Gasteiger partial charge in [-0.15, -0.1) is 0 Å². The first kappa shape index (κ1) is 18.1. The molecule has 0 radical (unpaired) electrons. The van der Waals surface area contributed by atoms with E-state index in [0.29, 0.717) is 16.9 Å². The molecule has 0 fully saturated rings. The van der Waals surface area contributed by atoms with Gasteiger partial charge in [-0.2, -0.15) is 0 Å². The van der Waals surface area contributed by atoms with Crippen LogP contribution in [0.25, 0.3) is 11.1 Å². The van der Waals surface area contributed by atoms with Crippen molar-refractivity contribution in [1.82, 2.24) is 0 Å². The topological polar surface area (TPSA) is 52.6 Å². The molecule has 0 aromatic heterocycles. The fourth-order valence-electron chi connectivity index (χ4n) is 2.12. The predicted octanol–water partition coefficient (Wildman–Crippen LogP) is 3.86. The standard InChI is InChI=1S/C20H17FO4/c1-3-19(22)24-12-11-15-5-6-16(13-18(15)21)14-7-9-17(10-8-14)25-20(23)4-2/h3-10,13H,1-2,11-12H2. The molecular formula is C20H17FO4. The first-order valence-electron chi connectivity index (χ1n) is 7.56. The van der Waals surface area contributed by atoms with Crippen molar-refractivity contribution in [3.05, 3.63) is 79.2 Å². The van der Waals surface area contributed by atoms with Crippen LogP contribution < -0.4 is 4.74 Å². The zero-order valence-corrected chi connectivity index (χ0v) is 13.5. The van der Waals surface area contributed by atoms with E-state index in [2.05, 4.69) is 13.2 Å². The van der Waals surface area contributed by atoms with Crippen LogP contribution in [0.4, 0.5) is 4.39 Å². The Morgan fingerprint density at radius 1 is 0.960 bits per heavy atom. The number of benzene rings is 2. The summed E-state index contributed by atoms with van der Waals surface area (Å²) in [6, 6.07) is 11.5. The summed E-state index contributed by atoms with van der Waals surface area (Å²) in [6.45, 7) is 6.71. The van der Waals surface area contributed by atoms with Gasteiger partial charge in [-0.3, -0.25) is 0 Å². The van der Waals surface area contributed by atoms with Gasteiger partial charge in [-0.25, -0.2) is 14.0 Å². The number of carbonyl (C=O) groups excluding carboxylic acids is 2. The van der Waals surface area contributed by atoms with Crippen molar-refractivity contribution in [1.29, 1.82) is 0 Å².